The number of carbonyl (C=O) groups excluding carboxylic acids is 3. The molecule has 0 radical (unpaired) electrons. The van der Waals surface area contributed by atoms with Crippen molar-refractivity contribution in [2.75, 3.05) is 18.3 Å². The molecular weight excluding hydrogens is 581 g/mol. The van der Waals surface area contributed by atoms with Gasteiger partial charge in [-0.3, -0.25) is 19.0 Å². The van der Waals surface area contributed by atoms with Crippen LogP contribution in [0.15, 0.2) is 58.0 Å². The molecule has 0 saturated carbocycles. The van der Waals surface area contributed by atoms with Gasteiger partial charge in [0.2, 0.25) is 11.5 Å². The lowest BCUT2D eigenvalue weighted by atomic mass is 10.0. The number of aliphatic carboxylic acids is 1. The molecule has 0 aromatic carbocycles. The molecule has 1 fully saturated rings. The second-order valence-electron chi connectivity index (χ2n) is 7.77. The quantitative estimate of drug-likeness (QED) is 0.0884. The number of rotatable bonds is 10. The topological polar surface area (TPSA) is 221 Å². The number of hydrogen-bond acceptors (Lipinski definition) is 13. The Kier molecular flexibility index (Phi) is 8.23. The Morgan fingerprint density at radius 3 is 2.87 bits per heavy atom. The van der Waals surface area contributed by atoms with E-state index in [-0.39, 0.29) is 39.4 Å². The second-order valence-corrected chi connectivity index (χ2v) is 11.1. The highest BCUT2D eigenvalue weighted by molar-refractivity contribution is 8.00. The Labute approximate surface area is 227 Å². The zero-order valence-corrected chi connectivity index (χ0v) is 21.9. The van der Waals surface area contributed by atoms with Gasteiger partial charge in [-0.2, -0.15) is 17.8 Å². The first-order chi connectivity index (χ1) is 18.5. The van der Waals surface area contributed by atoms with E-state index in [9.17, 15) is 36.9 Å². The summed E-state index contributed by atoms with van der Waals surface area (Å²) in [4.78, 5) is 46.4. The van der Waals surface area contributed by atoms with Gasteiger partial charge in [-0.25, -0.2) is 8.96 Å². The molecule has 2 aliphatic rings. The Morgan fingerprint density at radius 1 is 1.46 bits per heavy atom. The van der Waals surface area contributed by atoms with Crippen LogP contribution in [0.5, 0.6) is 0 Å². The summed E-state index contributed by atoms with van der Waals surface area (Å²) in [6.45, 7) is -1.22. The molecule has 2 amide bonds. The SMILES string of the molecule is Nc1nc(/C(=N/OCF)C(=O)N[C@@H]2C(=O)N3C(C(=O)[O-])=C(/C=C/C[n+]4cccc(S(=O)(=O)O)c4)CS[C@@H]23)ns1. The number of fused-ring (bicyclic) bond motifs is 1. The molecule has 206 valence electrons. The molecule has 15 nitrogen and oxygen atoms in total. The Morgan fingerprint density at radius 2 is 2.23 bits per heavy atom. The number of nitrogens with one attached hydrogen (secondary N) is 1. The Hall–Kier alpha value is -3.94. The smallest absolute Gasteiger partial charge is 0.300 e. The highest BCUT2D eigenvalue weighted by atomic mass is 32.2. The molecule has 0 spiro atoms. The van der Waals surface area contributed by atoms with Crippen LogP contribution >= 0.6 is 23.3 Å². The molecular formula is C20H18FN7O8S3. The van der Waals surface area contributed by atoms with Crippen LogP contribution in [-0.4, -0.2) is 74.8 Å². The third-order valence-electron chi connectivity index (χ3n) is 5.32. The number of nitrogens with two attached hydrogens (primary N) is 1. The minimum absolute atomic E-state index is 0.00772. The molecule has 4 heterocycles. The highest BCUT2D eigenvalue weighted by Gasteiger charge is 2.53. The van der Waals surface area contributed by atoms with E-state index < -0.39 is 51.9 Å². The number of alkyl halides is 1. The summed E-state index contributed by atoms with van der Waals surface area (Å²) in [5.74, 6) is -3.43. The van der Waals surface area contributed by atoms with E-state index in [4.69, 9.17) is 5.73 Å². The number of nitrogens with zero attached hydrogens (tertiary/aromatic N) is 5. The first kappa shape index (κ1) is 28.1. The van der Waals surface area contributed by atoms with Crippen LogP contribution in [-0.2, 0) is 35.9 Å². The van der Waals surface area contributed by atoms with Gasteiger partial charge in [-0.05, 0) is 17.7 Å². The van der Waals surface area contributed by atoms with E-state index in [2.05, 4.69) is 24.7 Å². The molecule has 2 aliphatic heterocycles. The van der Waals surface area contributed by atoms with Gasteiger partial charge in [0.25, 0.3) is 28.8 Å². The number of β-lactam (4-membered cyclic amide) rings is 1. The molecule has 0 unspecified atom stereocenters. The molecule has 2 aromatic heterocycles. The van der Waals surface area contributed by atoms with Crippen molar-refractivity contribution in [3.8, 4) is 0 Å². The largest absolute Gasteiger partial charge is 0.543 e. The van der Waals surface area contributed by atoms with Gasteiger partial charge in [0.15, 0.2) is 29.0 Å². The number of carboxylic acids is 1. The van der Waals surface area contributed by atoms with Crippen molar-refractivity contribution in [2.24, 2.45) is 5.16 Å². The summed E-state index contributed by atoms with van der Waals surface area (Å²) in [7, 11) is -4.40. The van der Waals surface area contributed by atoms with Crippen LogP contribution in [0.25, 0.3) is 0 Å². The van der Waals surface area contributed by atoms with Crippen molar-refractivity contribution in [1.82, 2.24) is 19.6 Å². The van der Waals surface area contributed by atoms with Gasteiger partial charge in [-0.15, -0.1) is 11.8 Å². The zero-order chi connectivity index (χ0) is 28.3. The maximum Gasteiger partial charge on any atom is 0.300 e. The number of hydrogen-bond donors (Lipinski definition) is 3. The minimum Gasteiger partial charge on any atom is -0.543 e. The molecule has 2 atom stereocenters. The molecule has 1 saturated heterocycles. The van der Waals surface area contributed by atoms with Crippen LogP contribution in [0.2, 0.25) is 0 Å². The number of pyridine rings is 1. The number of halogens is 1. The van der Waals surface area contributed by atoms with Crippen molar-refractivity contribution >= 4 is 62.0 Å². The fourth-order valence-electron chi connectivity index (χ4n) is 3.65. The normalized spacial score (nSPS) is 19.6. The van der Waals surface area contributed by atoms with Gasteiger partial charge < -0.3 is 25.8 Å². The summed E-state index contributed by atoms with van der Waals surface area (Å²) in [5, 5.41) is 16.9. The van der Waals surface area contributed by atoms with Crippen LogP contribution in [0.1, 0.15) is 5.82 Å². The number of oxime groups is 1. The predicted molar refractivity (Wildman–Crippen MR) is 131 cm³/mol. The van der Waals surface area contributed by atoms with Crippen molar-refractivity contribution in [3.63, 3.8) is 0 Å². The minimum atomic E-state index is -4.40. The molecule has 4 N–H and O–H groups in total. The first-order valence-electron chi connectivity index (χ1n) is 10.7. The Bertz CT molecular complexity index is 1520. The standard InChI is InChI=1S/C20H18FN7O8S3/c21-9-36-25-12(15-24-20(22)38-26-15)16(29)23-13-17(30)28-14(19(31)32)10(8-37-18(13)28)3-1-5-27-6-2-4-11(7-27)39(33,34)35/h1-4,6-7,13,18H,5,8-9H2,(H4-,22,23,24,26,29,31,32,33,34,35)/b3-1+,25-12-/t13-,18+/m1/s1. The van der Waals surface area contributed by atoms with Gasteiger partial charge in [-0.1, -0.05) is 11.2 Å². The predicted octanol–water partition coefficient (Wildman–Crippen LogP) is -2.04. The monoisotopic (exact) mass is 599 g/mol. The lowest BCUT2D eigenvalue weighted by molar-refractivity contribution is -0.688. The molecule has 19 heteroatoms. The number of nitrogen functional groups attached to an aromatic ring is 1. The van der Waals surface area contributed by atoms with E-state index in [1.165, 1.54) is 53.0 Å². The fraction of sp³-hybridized carbons (Fsp3) is 0.250. The number of thioether (sulfide) groups is 1. The van der Waals surface area contributed by atoms with Crippen LogP contribution in [0, 0.1) is 0 Å². The first-order valence-corrected chi connectivity index (χ1v) is 14.0. The number of carbonyl (C=O) groups is 3. The molecule has 2 aromatic rings. The van der Waals surface area contributed by atoms with Crippen molar-refractivity contribution < 1.29 is 46.3 Å². The number of aromatic nitrogens is 3. The maximum atomic E-state index is 12.9. The zero-order valence-electron chi connectivity index (χ0n) is 19.5. The summed E-state index contributed by atoms with van der Waals surface area (Å²) in [6.07, 6.45) is 5.72. The number of allylic oxidation sites excluding steroid dienone is 2. The van der Waals surface area contributed by atoms with E-state index >= 15 is 0 Å². The van der Waals surface area contributed by atoms with Gasteiger partial charge in [0.1, 0.15) is 11.4 Å². The lowest BCUT2D eigenvalue weighted by Gasteiger charge is -2.50. The second kappa shape index (κ2) is 11.4. The average molecular weight is 600 g/mol. The van der Waals surface area contributed by atoms with E-state index in [0.717, 1.165) is 16.4 Å². The van der Waals surface area contributed by atoms with Crippen LogP contribution in [0.4, 0.5) is 9.52 Å². The number of amides is 2. The Balaban J connectivity index is 1.49. The number of anilines is 1. The van der Waals surface area contributed by atoms with Crippen molar-refractivity contribution in [3.05, 3.63) is 53.8 Å². The summed E-state index contributed by atoms with van der Waals surface area (Å²) in [5.41, 5.74) is 4.86. The summed E-state index contributed by atoms with van der Waals surface area (Å²) in [6, 6.07) is 1.48. The van der Waals surface area contributed by atoms with Crippen LogP contribution < -0.4 is 20.7 Å². The highest BCUT2D eigenvalue weighted by Crippen LogP contribution is 2.40. The fourth-order valence-corrected chi connectivity index (χ4v) is 5.93. The summed E-state index contributed by atoms with van der Waals surface area (Å²) < 4.78 is 49.5. The van der Waals surface area contributed by atoms with E-state index in [1.54, 1.807) is 0 Å². The van der Waals surface area contributed by atoms with Crippen molar-refractivity contribution in [1.29, 1.82) is 0 Å². The maximum absolute atomic E-state index is 12.9. The van der Waals surface area contributed by atoms with Crippen LogP contribution in [0.3, 0.4) is 0 Å². The van der Waals surface area contributed by atoms with E-state index in [0.29, 0.717) is 0 Å². The average Bonchev–Trinajstić information content (AvgIpc) is 3.32. The van der Waals surface area contributed by atoms with Gasteiger partial charge >= 0.3 is 0 Å². The van der Waals surface area contributed by atoms with Gasteiger partial charge in [0.05, 0.1) is 11.7 Å². The van der Waals surface area contributed by atoms with Crippen molar-refractivity contribution in [2.45, 2.75) is 22.9 Å². The molecule has 0 aliphatic carbocycles. The molecule has 4 rings (SSSR count). The molecule has 0 bridgehead atoms. The lowest BCUT2D eigenvalue weighted by Crippen LogP contribution is -2.71. The molecule has 39 heavy (non-hydrogen) atoms. The van der Waals surface area contributed by atoms with Gasteiger partial charge in [0, 0.05) is 23.4 Å². The third-order valence-corrected chi connectivity index (χ3v) is 8.00. The third kappa shape index (κ3) is 6.05. The summed E-state index contributed by atoms with van der Waals surface area (Å²) >= 11 is 1.92. The number of carboxylic acid groups (broad SMARTS) is 1. The van der Waals surface area contributed by atoms with E-state index in [1.807, 2.05) is 0 Å².